The van der Waals surface area contributed by atoms with Crippen molar-refractivity contribution in [2.24, 2.45) is 0 Å². The van der Waals surface area contributed by atoms with E-state index in [9.17, 15) is 13.2 Å². The minimum Gasteiger partial charge on any atom is -0.507 e. The summed E-state index contributed by atoms with van der Waals surface area (Å²) < 4.78 is 27.1. The second-order valence-electron chi connectivity index (χ2n) is 4.55. The maximum Gasteiger partial charge on any atom is 0.339 e. The molecule has 0 saturated carbocycles. The average Bonchev–Trinajstić information content (AvgIpc) is 2.88. The van der Waals surface area contributed by atoms with E-state index in [2.05, 4.69) is 0 Å². The smallest absolute Gasteiger partial charge is 0.339 e. The van der Waals surface area contributed by atoms with Crippen LogP contribution in [0.3, 0.4) is 0 Å². The van der Waals surface area contributed by atoms with Crippen LogP contribution in [0.25, 0.3) is 0 Å². The molecule has 0 spiro atoms. The number of allylic oxidation sites excluding steroid dienone is 3. The summed E-state index contributed by atoms with van der Waals surface area (Å²) in [5.74, 6) is -1.12. The molecule has 3 N–H and O–H groups in total. The lowest BCUT2D eigenvalue weighted by atomic mass is 10.2. The molecule has 2 heterocycles. The monoisotopic (exact) mass is 338 g/mol. The number of fused-ring (bicyclic) bond motifs is 2. The van der Waals surface area contributed by atoms with Gasteiger partial charge in [0.25, 0.3) is 0 Å². The van der Waals surface area contributed by atoms with Gasteiger partial charge in [0.1, 0.15) is 27.7 Å². The second kappa shape index (κ2) is 6.17. The number of hydrogen-bond acceptors (Lipinski definition) is 6. The Hall–Kier alpha value is -2.74. The first kappa shape index (κ1) is 16.6. The van der Waals surface area contributed by atoms with E-state index in [4.69, 9.17) is 20.1 Å². The van der Waals surface area contributed by atoms with Gasteiger partial charge in [-0.3, -0.25) is 0 Å². The molecule has 23 heavy (non-hydrogen) atoms. The highest BCUT2D eigenvalue weighted by molar-refractivity contribution is 8.00. The summed E-state index contributed by atoms with van der Waals surface area (Å²) in [5, 5.41) is 26.7. The van der Waals surface area contributed by atoms with Gasteiger partial charge in [0.05, 0.1) is 11.5 Å². The van der Waals surface area contributed by atoms with Crippen molar-refractivity contribution in [2.75, 3.05) is 6.61 Å². The van der Waals surface area contributed by atoms with E-state index < -0.39 is 15.8 Å². The lowest BCUT2D eigenvalue weighted by molar-refractivity contribution is 0.0693. The molecule has 1 aromatic carbocycles. The van der Waals surface area contributed by atoms with Gasteiger partial charge < -0.3 is 20.1 Å². The van der Waals surface area contributed by atoms with Crippen molar-refractivity contribution in [2.45, 2.75) is 6.92 Å². The number of phenols is 1. The van der Waals surface area contributed by atoms with Gasteiger partial charge in [-0.05, 0) is 37.3 Å². The molecule has 0 saturated heterocycles. The number of aromatic hydroxyl groups is 1. The number of carboxylic acids is 1. The third-order valence-corrected chi connectivity index (χ3v) is 4.84. The third kappa shape index (κ3) is 3.21. The molecule has 7 nitrogen and oxygen atoms in total. The zero-order valence-electron chi connectivity index (χ0n) is 12.1. The number of aliphatic hydroxyl groups is 1. The van der Waals surface area contributed by atoms with Gasteiger partial charge in [0.15, 0.2) is 0 Å². The van der Waals surface area contributed by atoms with Gasteiger partial charge in [-0.25, -0.2) is 13.2 Å². The maximum absolute atomic E-state index is 11.0. The van der Waals surface area contributed by atoms with Crippen molar-refractivity contribution in [1.82, 2.24) is 0 Å². The number of carbonyl (C=O) groups is 1. The largest absolute Gasteiger partial charge is 0.507 e. The zero-order valence-corrected chi connectivity index (χ0v) is 12.9. The molecule has 3 rings (SSSR count). The number of benzene rings is 1. The van der Waals surface area contributed by atoms with Crippen LogP contribution in [-0.4, -0.2) is 36.3 Å². The maximum atomic E-state index is 11.0. The first-order chi connectivity index (χ1) is 10.8. The van der Waals surface area contributed by atoms with Gasteiger partial charge in [-0.15, -0.1) is 0 Å². The fraction of sp³-hybridized carbons (Fsp3) is 0.133. The highest BCUT2D eigenvalue weighted by Crippen LogP contribution is 2.35. The van der Waals surface area contributed by atoms with Gasteiger partial charge in [0, 0.05) is 6.08 Å². The molecule has 0 radical (unpaired) electrons. The molecule has 0 amide bonds. The van der Waals surface area contributed by atoms with Crippen molar-refractivity contribution >= 4 is 15.8 Å². The van der Waals surface area contributed by atoms with Crippen molar-refractivity contribution in [3.63, 3.8) is 0 Å². The van der Waals surface area contributed by atoms with Crippen LogP contribution in [0.4, 0.5) is 0 Å². The summed E-state index contributed by atoms with van der Waals surface area (Å²) in [6, 6.07) is 4.11. The first-order valence-corrected chi connectivity index (χ1v) is 8.03. The van der Waals surface area contributed by atoms with Crippen LogP contribution in [-0.2, 0) is 9.84 Å². The van der Waals surface area contributed by atoms with Crippen LogP contribution < -0.4 is 4.74 Å². The second-order valence-corrected chi connectivity index (χ2v) is 6.47. The van der Waals surface area contributed by atoms with Crippen molar-refractivity contribution in [1.29, 1.82) is 0 Å². The SMILES string of the molecule is CCOc1ccc(O)c(C(=O)O)c1.O=S1(=O)C2=CC(O)=C1C=C2. The normalized spacial score (nSPS) is 16.7. The van der Waals surface area contributed by atoms with Crippen LogP contribution in [0.5, 0.6) is 11.5 Å². The van der Waals surface area contributed by atoms with E-state index >= 15 is 0 Å². The zero-order chi connectivity index (χ0) is 17.2. The van der Waals surface area contributed by atoms with Crippen molar-refractivity contribution in [3.8, 4) is 11.5 Å². The average molecular weight is 338 g/mol. The summed E-state index contributed by atoms with van der Waals surface area (Å²) in [4.78, 5) is 10.8. The molecule has 0 atom stereocenters. The van der Waals surface area contributed by atoms with E-state index in [0.29, 0.717) is 12.4 Å². The number of sulfone groups is 1. The van der Waals surface area contributed by atoms with E-state index in [1.165, 1.54) is 36.4 Å². The van der Waals surface area contributed by atoms with Crippen LogP contribution in [0.15, 0.2) is 52.0 Å². The Morgan fingerprint density at radius 2 is 1.91 bits per heavy atom. The van der Waals surface area contributed by atoms with E-state index in [1.54, 1.807) is 6.92 Å². The molecule has 2 bridgehead atoms. The first-order valence-electron chi connectivity index (χ1n) is 6.54. The Kier molecular flexibility index (Phi) is 4.46. The minimum atomic E-state index is -3.26. The lowest BCUT2D eigenvalue weighted by Crippen LogP contribution is -1.98. The topological polar surface area (TPSA) is 121 Å². The molecular weight excluding hydrogens is 324 g/mol. The van der Waals surface area contributed by atoms with Crippen LogP contribution >= 0.6 is 0 Å². The number of aliphatic hydroxyl groups excluding tert-OH is 1. The summed E-state index contributed by atoms with van der Waals surface area (Å²) in [5.41, 5.74) is -0.147. The molecule has 2 aliphatic rings. The predicted molar refractivity (Wildman–Crippen MR) is 82.0 cm³/mol. The van der Waals surface area contributed by atoms with Crippen molar-refractivity contribution < 1.29 is 33.3 Å². The summed E-state index contributed by atoms with van der Waals surface area (Å²) in [6.07, 6.45) is 4.13. The Labute approximate surface area is 132 Å². The van der Waals surface area contributed by atoms with Gasteiger partial charge >= 0.3 is 5.97 Å². The fourth-order valence-electron chi connectivity index (χ4n) is 1.96. The summed E-state index contributed by atoms with van der Waals surface area (Å²) >= 11 is 0. The number of hydrogen-bond donors (Lipinski definition) is 3. The van der Waals surface area contributed by atoms with Gasteiger partial charge in [0.2, 0.25) is 9.84 Å². The van der Waals surface area contributed by atoms with Crippen LogP contribution in [0, 0.1) is 0 Å². The molecule has 122 valence electrons. The number of carboxylic acid groups (broad SMARTS) is 1. The quantitative estimate of drug-likeness (QED) is 0.772. The fourth-order valence-corrected chi connectivity index (χ4v) is 3.31. The molecule has 0 fully saturated rings. The van der Waals surface area contributed by atoms with Gasteiger partial charge in [-0.2, -0.15) is 0 Å². The predicted octanol–water partition coefficient (Wildman–Crippen LogP) is 2.13. The molecule has 2 aliphatic heterocycles. The number of ether oxygens (including phenoxy) is 1. The Morgan fingerprint density at radius 1 is 1.22 bits per heavy atom. The summed E-state index contributed by atoms with van der Waals surface area (Å²) in [7, 11) is -3.26. The molecule has 1 aromatic rings. The van der Waals surface area contributed by atoms with Gasteiger partial charge in [-0.1, -0.05) is 0 Å². The molecule has 0 unspecified atom stereocenters. The minimum absolute atomic E-state index is 0.0301. The Morgan fingerprint density at radius 3 is 2.30 bits per heavy atom. The number of rotatable bonds is 3. The Balaban J connectivity index is 0.000000172. The summed E-state index contributed by atoms with van der Waals surface area (Å²) in [6.45, 7) is 2.26. The molecular formula is C15H14O7S. The van der Waals surface area contributed by atoms with Crippen molar-refractivity contribution in [3.05, 3.63) is 57.6 Å². The standard InChI is InChI=1S/C9H10O4.C6H4O3S/c1-2-13-6-3-4-8(10)7(5-6)9(11)12;7-5-3-4-1-2-6(5)10(4,8)9/h3-5,10H,2H2,1H3,(H,11,12);1-3,7H. The highest BCUT2D eigenvalue weighted by Gasteiger charge is 2.33. The highest BCUT2D eigenvalue weighted by atomic mass is 32.2. The lowest BCUT2D eigenvalue weighted by Gasteiger charge is -2.04. The van der Waals surface area contributed by atoms with E-state index in [-0.39, 0.29) is 26.9 Å². The molecule has 0 aliphatic carbocycles. The molecule has 8 heteroatoms. The van der Waals surface area contributed by atoms with Crippen LogP contribution in [0.1, 0.15) is 17.3 Å². The number of aromatic carboxylic acids is 1. The van der Waals surface area contributed by atoms with E-state index in [0.717, 1.165) is 0 Å². The van der Waals surface area contributed by atoms with E-state index in [1.807, 2.05) is 0 Å². The third-order valence-electron chi connectivity index (χ3n) is 3.04. The van der Waals surface area contributed by atoms with Crippen LogP contribution in [0.2, 0.25) is 0 Å². The molecule has 0 aromatic heterocycles. The Bertz CT molecular complexity index is 845.